The second-order valence-corrected chi connectivity index (χ2v) is 9.86. The standard InChI is InChI=1S/C24H21N5O5S/c30-23(20-15-17-3-1-2-4-21(17)34-24(20)31)27-18-5-7-19(8-6-18)35(32,33)29-13-11-28(12-14-29)22-16-25-9-10-26-22/h1-10,15-16H,11-14H2,(H,27,30). The summed E-state index contributed by atoms with van der Waals surface area (Å²) in [5.74, 6) is 0.0744. The van der Waals surface area contributed by atoms with Crippen LogP contribution in [0.3, 0.4) is 0 Å². The van der Waals surface area contributed by atoms with E-state index in [1.807, 2.05) is 4.90 Å². The summed E-state index contributed by atoms with van der Waals surface area (Å²) in [6.07, 6.45) is 4.84. The maximum absolute atomic E-state index is 13.1. The third kappa shape index (κ3) is 4.63. The van der Waals surface area contributed by atoms with Crippen molar-refractivity contribution in [3.05, 3.63) is 89.2 Å². The normalized spacial score (nSPS) is 14.7. The van der Waals surface area contributed by atoms with Crippen molar-refractivity contribution in [3.8, 4) is 0 Å². The molecule has 1 fully saturated rings. The number of hydrogen-bond acceptors (Lipinski definition) is 8. The van der Waals surface area contributed by atoms with Crippen LogP contribution in [0, 0.1) is 0 Å². The van der Waals surface area contributed by atoms with Gasteiger partial charge in [-0.25, -0.2) is 18.2 Å². The van der Waals surface area contributed by atoms with Crippen molar-refractivity contribution in [2.45, 2.75) is 4.90 Å². The van der Waals surface area contributed by atoms with E-state index in [0.717, 1.165) is 0 Å². The van der Waals surface area contributed by atoms with Crippen LogP contribution in [0.15, 0.2) is 87.3 Å². The number of sulfonamides is 1. The highest BCUT2D eigenvalue weighted by Gasteiger charge is 2.29. The van der Waals surface area contributed by atoms with Crippen molar-refractivity contribution in [2.75, 3.05) is 36.4 Å². The number of anilines is 2. The van der Waals surface area contributed by atoms with Gasteiger partial charge in [0.15, 0.2) is 0 Å². The van der Waals surface area contributed by atoms with Gasteiger partial charge in [-0.15, -0.1) is 0 Å². The third-order valence-corrected chi connectivity index (χ3v) is 7.66. The Morgan fingerprint density at radius 3 is 2.43 bits per heavy atom. The van der Waals surface area contributed by atoms with Gasteiger partial charge < -0.3 is 14.6 Å². The van der Waals surface area contributed by atoms with Crippen molar-refractivity contribution < 1.29 is 17.6 Å². The van der Waals surface area contributed by atoms with Gasteiger partial charge in [-0.1, -0.05) is 18.2 Å². The quantitative estimate of drug-likeness (QED) is 0.422. The molecule has 2 aromatic heterocycles. The van der Waals surface area contributed by atoms with E-state index in [1.54, 1.807) is 42.9 Å². The lowest BCUT2D eigenvalue weighted by Crippen LogP contribution is -2.48. The van der Waals surface area contributed by atoms with Gasteiger partial charge in [-0.3, -0.25) is 9.78 Å². The number of carbonyl (C=O) groups is 1. The zero-order valence-electron chi connectivity index (χ0n) is 18.5. The molecule has 0 atom stereocenters. The van der Waals surface area contributed by atoms with Gasteiger partial charge in [0.05, 0.1) is 11.1 Å². The summed E-state index contributed by atoms with van der Waals surface area (Å²) in [6, 6.07) is 14.2. The number of para-hydroxylation sites is 1. The summed E-state index contributed by atoms with van der Waals surface area (Å²) in [4.78, 5) is 35.3. The lowest BCUT2D eigenvalue weighted by molar-refractivity contribution is 0.102. The second kappa shape index (κ2) is 9.28. The van der Waals surface area contributed by atoms with Gasteiger partial charge in [-0.2, -0.15) is 4.31 Å². The highest BCUT2D eigenvalue weighted by atomic mass is 32.2. The van der Waals surface area contributed by atoms with E-state index in [4.69, 9.17) is 4.42 Å². The van der Waals surface area contributed by atoms with E-state index in [2.05, 4.69) is 15.3 Å². The molecule has 0 spiro atoms. The fourth-order valence-corrected chi connectivity index (χ4v) is 5.31. The summed E-state index contributed by atoms with van der Waals surface area (Å²) in [5, 5.41) is 3.24. The number of nitrogens with one attached hydrogen (secondary N) is 1. The predicted octanol–water partition coefficient (Wildman–Crippen LogP) is 2.35. The number of piperazine rings is 1. The molecule has 1 amide bonds. The summed E-state index contributed by atoms with van der Waals surface area (Å²) < 4.78 is 32.8. The van der Waals surface area contributed by atoms with E-state index in [1.165, 1.54) is 34.6 Å². The number of aromatic nitrogens is 2. The minimum atomic E-state index is -3.70. The molecule has 0 bridgehead atoms. The highest BCUT2D eigenvalue weighted by Crippen LogP contribution is 2.22. The van der Waals surface area contributed by atoms with E-state index < -0.39 is 21.6 Å². The molecule has 0 saturated carbocycles. The molecule has 1 aliphatic heterocycles. The number of fused-ring (bicyclic) bond motifs is 1. The SMILES string of the molecule is O=C(Nc1ccc(S(=O)(=O)N2CCN(c3cnccn3)CC2)cc1)c1cc2ccccc2oc1=O. The molecule has 0 unspecified atom stereocenters. The Hall–Kier alpha value is -4.09. The summed E-state index contributed by atoms with van der Waals surface area (Å²) in [6.45, 7) is 1.63. The Morgan fingerprint density at radius 1 is 0.971 bits per heavy atom. The number of hydrogen-bond donors (Lipinski definition) is 1. The highest BCUT2D eigenvalue weighted by molar-refractivity contribution is 7.89. The summed E-state index contributed by atoms with van der Waals surface area (Å²) >= 11 is 0. The molecular formula is C24H21N5O5S. The number of carbonyl (C=O) groups excluding carboxylic acids is 1. The van der Waals surface area contributed by atoms with E-state index in [-0.39, 0.29) is 10.5 Å². The Bertz CT molecular complexity index is 1530. The molecule has 178 valence electrons. The largest absolute Gasteiger partial charge is 0.422 e. The minimum Gasteiger partial charge on any atom is -0.422 e. The average molecular weight is 492 g/mol. The Labute approximate surface area is 200 Å². The third-order valence-electron chi connectivity index (χ3n) is 5.75. The monoisotopic (exact) mass is 491 g/mol. The topological polar surface area (TPSA) is 126 Å². The molecule has 1 N–H and O–H groups in total. The zero-order valence-corrected chi connectivity index (χ0v) is 19.3. The summed E-state index contributed by atoms with van der Waals surface area (Å²) in [7, 11) is -3.70. The number of amides is 1. The predicted molar refractivity (Wildman–Crippen MR) is 130 cm³/mol. The van der Waals surface area contributed by atoms with Crippen molar-refractivity contribution in [1.82, 2.24) is 14.3 Å². The van der Waals surface area contributed by atoms with Gasteiger partial charge in [0, 0.05) is 49.6 Å². The maximum Gasteiger partial charge on any atom is 0.349 e. The van der Waals surface area contributed by atoms with E-state index in [0.29, 0.717) is 48.7 Å². The second-order valence-electron chi connectivity index (χ2n) is 7.92. The lowest BCUT2D eigenvalue weighted by Gasteiger charge is -2.34. The van der Waals surface area contributed by atoms with Gasteiger partial charge in [0.25, 0.3) is 5.91 Å². The molecule has 2 aromatic carbocycles. The van der Waals surface area contributed by atoms with E-state index >= 15 is 0 Å². The first-order valence-corrected chi connectivity index (χ1v) is 12.3. The molecule has 4 aromatic rings. The molecule has 10 nitrogen and oxygen atoms in total. The number of rotatable bonds is 5. The Morgan fingerprint density at radius 2 is 1.71 bits per heavy atom. The molecular weight excluding hydrogens is 470 g/mol. The Kier molecular flexibility index (Phi) is 6.01. The maximum atomic E-state index is 13.1. The van der Waals surface area contributed by atoms with Crippen molar-refractivity contribution in [1.29, 1.82) is 0 Å². The lowest BCUT2D eigenvalue weighted by atomic mass is 10.1. The van der Waals surface area contributed by atoms with Crippen LogP contribution in [0.4, 0.5) is 11.5 Å². The molecule has 1 saturated heterocycles. The number of nitrogens with zero attached hydrogens (tertiary/aromatic N) is 4. The van der Waals surface area contributed by atoms with Gasteiger partial charge >= 0.3 is 5.63 Å². The van der Waals surface area contributed by atoms with Crippen LogP contribution in [0.25, 0.3) is 11.0 Å². The van der Waals surface area contributed by atoms with Gasteiger partial charge in [0.1, 0.15) is 17.0 Å². The minimum absolute atomic E-state index is 0.119. The average Bonchev–Trinajstić information content (AvgIpc) is 2.89. The van der Waals surface area contributed by atoms with Crippen LogP contribution in [-0.2, 0) is 10.0 Å². The van der Waals surface area contributed by atoms with Crippen LogP contribution < -0.4 is 15.8 Å². The van der Waals surface area contributed by atoms with Gasteiger partial charge in [0.2, 0.25) is 10.0 Å². The molecule has 35 heavy (non-hydrogen) atoms. The molecule has 0 radical (unpaired) electrons. The van der Waals surface area contributed by atoms with Crippen LogP contribution >= 0.6 is 0 Å². The van der Waals surface area contributed by atoms with Crippen LogP contribution in [0.1, 0.15) is 10.4 Å². The van der Waals surface area contributed by atoms with E-state index in [9.17, 15) is 18.0 Å². The fourth-order valence-electron chi connectivity index (χ4n) is 3.89. The first-order chi connectivity index (χ1) is 16.9. The zero-order chi connectivity index (χ0) is 24.4. The van der Waals surface area contributed by atoms with Crippen molar-refractivity contribution >= 4 is 38.4 Å². The smallest absolute Gasteiger partial charge is 0.349 e. The van der Waals surface area contributed by atoms with Gasteiger partial charge in [-0.05, 0) is 36.4 Å². The van der Waals surface area contributed by atoms with Crippen LogP contribution in [0.2, 0.25) is 0 Å². The number of benzene rings is 2. The molecule has 5 rings (SSSR count). The fraction of sp³-hybridized carbons (Fsp3) is 0.167. The molecule has 11 heteroatoms. The van der Waals surface area contributed by atoms with Crippen molar-refractivity contribution in [3.63, 3.8) is 0 Å². The van der Waals surface area contributed by atoms with Crippen molar-refractivity contribution in [2.24, 2.45) is 0 Å². The first kappa shape index (κ1) is 22.7. The molecule has 3 heterocycles. The molecule has 0 aliphatic carbocycles. The van der Waals surface area contributed by atoms with Crippen LogP contribution in [-0.4, -0.2) is 54.8 Å². The Balaban J connectivity index is 1.27. The molecule has 1 aliphatic rings. The van der Waals surface area contributed by atoms with Crippen LogP contribution in [0.5, 0.6) is 0 Å². The summed E-state index contributed by atoms with van der Waals surface area (Å²) in [5.41, 5.74) is -0.141. The first-order valence-electron chi connectivity index (χ1n) is 10.9.